The first-order valence-electron chi connectivity index (χ1n) is 5.57. The van der Waals surface area contributed by atoms with Crippen LogP contribution >= 0.6 is 23.2 Å². The monoisotopic (exact) mass is 271 g/mol. The van der Waals surface area contributed by atoms with E-state index < -0.39 is 0 Å². The molecule has 0 saturated carbocycles. The Labute approximate surface area is 112 Å². The zero-order valence-corrected chi connectivity index (χ0v) is 11.2. The second kappa shape index (κ2) is 5.71. The summed E-state index contributed by atoms with van der Waals surface area (Å²) in [6.07, 6.45) is 1.80. The van der Waals surface area contributed by atoms with Crippen LogP contribution in [0.15, 0.2) is 23.3 Å². The number of likely N-dealkylation sites (N-methyl/N-ethyl adjacent to an activating group) is 1. The minimum absolute atomic E-state index is 0.635. The molecule has 1 fully saturated rings. The molecule has 0 atom stereocenters. The SMILES string of the molecule is CN1CCN(N=Cc2ccc(Cl)cc2Cl)CC1. The minimum Gasteiger partial charge on any atom is -0.303 e. The summed E-state index contributed by atoms with van der Waals surface area (Å²) in [7, 11) is 2.12. The maximum absolute atomic E-state index is 6.07. The van der Waals surface area contributed by atoms with Gasteiger partial charge in [0.25, 0.3) is 0 Å². The van der Waals surface area contributed by atoms with Crippen molar-refractivity contribution in [3.63, 3.8) is 0 Å². The fourth-order valence-corrected chi connectivity index (χ4v) is 2.12. The Bertz CT molecular complexity index is 412. The van der Waals surface area contributed by atoms with Crippen LogP contribution in [0.1, 0.15) is 5.56 Å². The summed E-state index contributed by atoms with van der Waals surface area (Å²) < 4.78 is 0. The molecular weight excluding hydrogens is 257 g/mol. The lowest BCUT2D eigenvalue weighted by Crippen LogP contribution is -2.41. The summed E-state index contributed by atoms with van der Waals surface area (Å²) in [6, 6.07) is 5.43. The highest BCUT2D eigenvalue weighted by atomic mass is 35.5. The standard InChI is InChI=1S/C12H15Cl2N3/c1-16-4-6-17(7-5-16)15-9-10-2-3-11(13)8-12(10)14/h2-3,8-9H,4-7H2,1H3. The third-order valence-electron chi connectivity index (χ3n) is 2.80. The van der Waals surface area contributed by atoms with E-state index in [4.69, 9.17) is 23.2 Å². The summed E-state index contributed by atoms with van der Waals surface area (Å²) >= 11 is 11.9. The van der Waals surface area contributed by atoms with Gasteiger partial charge in [-0.2, -0.15) is 5.10 Å². The zero-order valence-electron chi connectivity index (χ0n) is 9.74. The van der Waals surface area contributed by atoms with Crippen molar-refractivity contribution in [2.75, 3.05) is 33.2 Å². The van der Waals surface area contributed by atoms with E-state index in [1.54, 1.807) is 12.3 Å². The van der Waals surface area contributed by atoms with E-state index in [0.717, 1.165) is 31.7 Å². The van der Waals surface area contributed by atoms with Gasteiger partial charge in [-0.1, -0.05) is 29.3 Å². The van der Waals surface area contributed by atoms with Gasteiger partial charge >= 0.3 is 0 Å². The molecule has 0 aromatic heterocycles. The first kappa shape index (κ1) is 12.7. The number of halogens is 2. The number of benzene rings is 1. The predicted octanol–water partition coefficient (Wildman–Crippen LogP) is 2.57. The molecule has 0 bridgehead atoms. The third-order valence-corrected chi connectivity index (χ3v) is 3.36. The normalized spacial score (nSPS) is 17.9. The molecule has 1 aromatic rings. The van der Waals surface area contributed by atoms with Gasteiger partial charge in [-0.3, -0.25) is 5.01 Å². The van der Waals surface area contributed by atoms with Gasteiger partial charge < -0.3 is 4.90 Å². The van der Waals surface area contributed by atoms with E-state index in [1.807, 2.05) is 12.1 Å². The molecule has 1 aliphatic rings. The van der Waals surface area contributed by atoms with E-state index >= 15 is 0 Å². The number of nitrogens with zero attached hydrogens (tertiary/aromatic N) is 3. The summed E-state index contributed by atoms with van der Waals surface area (Å²) in [6.45, 7) is 4.01. The van der Waals surface area contributed by atoms with Crippen LogP contribution in [0.2, 0.25) is 10.0 Å². The maximum Gasteiger partial charge on any atom is 0.0557 e. The van der Waals surface area contributed by atoms with Gasteiger partial charge in [0, 0.05) is 36.8 Å². The van der Waals surface area contributed by atoms with Crippen LogP contribution in [0.4, 0.5) is 0 Å². The van der Waals surface area contributed by atoms with Gasteiger partial charge in [-0.25, -0.2) is 0 Å². The smallest absolute Gasteiger partial charge is 0.0557 e. The van der Waals surface area contributed by atoms with Crippen molar-refractivity contribution < 1.29 is 0 Å². The first-order chi connectivity index (χ1) is 8.15. The van der Waals surface area contributed by atoms with Crippen LogP contribution < -0.4 is 0 Å². The molecule has 1 aromatic carbocycles. The van der Waals surface area contributed by atoms with Gasteiger partial charge in [-0.15, -0.1) is 0 Å². The van der Waals surface area contributed by atoms with Gasteiger partial charge in [0.15, 0.2) is 0 Å². The fourth-order valence-electron chi connectivity index (χ4n) is 1.66. The number of hydrogen-bond acceptors (Lipinski definition) is 3. The predicted molar refractivity (Wildman–Crippen MR) is 73.1 cm³/mol. The third kappa shape index (κ3) is 3.60. The zero-order chi connectivity index (χ0) is 12.3. The number of piperazine rings is 1. The molecular formula is C12H15Cl2N3. The van der Waals surface area contributed by atoms with Crippen LogP contribution in [-0.2, 0) is 0 Å². The maximum atomic E-state index is 6.07. The average Bonchev–Trinajstić information content (AvgIpc) is 2.30. The Morgan fingerprint density at radius 2 is 1.88 bits per heavy atom. The van der Waals surface area contributed by atoms with Crippen LogP contribution in [0, 0.1) is 0 Å². The highest BCUT2D eigenvalue weighted by molar-refractivity contribution is 6.36. The highest BCUT2D eigenvalue weighted by Crippen LogP contribution is 2.19. The summed E-state index contributed by atoms with van der Waals surface area (Å²) in [5.74, 6) is 0. The van der Waals surface area contributed by atoms with E-state index in [1.165, 1.54) is 0 Å². The topological polar surface area (TPSA) is 18.8 Å². The molecule has 0 N–H and O–H groups in total. The van der Waals surface area contributed by atoms with Crippen LogP contribution in [0.25, 0.3) is 0 Å². The number of hydrazone groups is 1. The van der Waals surface area contributed by atoms with Crippen molar-refractivity contribution in [3.8, 4) is 0 Å². The molecule has 1 aliphatic heterocycles. The Hall–Kier alpha value is -0.770. The van der Waals surface area contributed by atoms with Crippen molar-refractivity contribution in [2.45, 2.75) is 0 Å². The second-order valence-electron chi connectivity index (χ2n) is 4.17. The molecule has 17 heavy (non-hydrogen) atoms. The minimum atomic E-state index is 0.635. The molecule has 2 rings (SSSR count). The Morgan fingerprint density at radius 3 is 2.53 bits per heavy atom. The molecule has 5 heteroatoms. The van der Waals surface area contributed by atoms with Crippen molar-refractivity contribution in [1.29, 1.82) is 0 Å². The molecule has 0 spiro atoms. The lowest BCUT2D eigenvalue weighted by atomic mass is 10.2. The quantitative estimate of drug-likeness (QED) is 0.770. The van der Waals surface area contributed by atoms with E-state index in [0.29, 0.717) is 10.0 Å². The lowest BCUT2D eigenvalue weighted by Gasteiger charge is -2.30. The largest absolute Gasteiger partial charge is 0.303 e. The van der Waals surface area contributed by atoms with Crippen LogP contribution in [-0.4, -0.2) is 49.4 Å². The van der Waals surface area contributed by atoms with Gasteiger partial charge in [-0.05, 0) is 19.2 Å². The van der Waals surface area contributed by atoms with Crippen LogP contribution in [0.3, 0.4) is 0 Å². The molecule has 3 nitrogen and oxygen atoms in total. The van der Waals surface area contributed by atoms with Crippen molar-refractivity contribution in [3.05, 3.63) is 33.8 Å². The first-order valence-corrected chi connectivity index (χ1v) is 6.33. The van der Waals surface area contributed by atoms with E-state index in [2.05, 4.69) is 22.1 Å². The summed E-state index contributed by atoms with van der Waals surface area (Å²) in [5, 5.41) is 7.77. The lowest BCUT2D eigenvalue weighted by molar-refractivity contribution is 0.159. The molecule has 0 aliphatic carbocycles. The van der Waals surface area contributed by atoms with Crippen molar-refractivity contribution in [2.24, 2.45) is 5.10 Å². The Morgan fingerprint density at radius 1 is 1.18 bits per heavy atom. The molecule has 1 saturated heterocycles. The number of rotatable bonds is 2. The molecule has 92 valence electrons. The number of hydrogen-bond donors (Lipinski definition) is 0. The van der Waals surface area contributed by atoms with Gasteiger partial charge in [0.05, 0.1) is 11.2 Å². The van der Waals surface area contributed by atoms with Crippen molar-refractivity contribution >= 4 is 29.4 Å². The van der Waals surface area contributed by atoms with Gasteiger partial charge in [0.2, 0.25) is 0 Å². The van der Waals surface area contributed by atoms with E-state index in [9.17, 15) is 0 Å². The average molecular weight is 272 g/mol. The summed E-state index contributed by atoms with van der Waals surface area (Å²) in [5.41, 5.74) is 0.898. The molecule has 0 unspecified atom stereocenters. The summed E-state index contributed by atoms with van der Waals surface area (Å²) in [4.78, 5) is 2.29. The fraction of sp³-hybridized carbons (Fsp3) is 0.417. The molecule has 0 amide bonds. The van der Waals surface area contributed by atoms with E-state index in [-0.39, 0.29) is 0 Å². The second-order valence-corrected chi connectivity index (χ2v) is 5.01. The Kier molecular flexibility index (Phi) is 4.26. The van der Waals surface area contributed by atoms with Gasteiger partial charge in [0.1, 0.15) is 0 Å². The highest BCUT2D eigenvalue weighted by Gasteiger charge is 2.10. The van der Waals surface area contributed by atoms with Crippen LogP contribution in [0.5, 0.6) is 0 Å². The van der Waals surface area contributed by atoms with Crippen molar-refractivity contribution in [1.82, 2.24) is 9.91 Å². The molecule has 0 radical (unpaired) electrons. The molecule has 1 heterocycles. The Balaban J connectivity index is 2.00.